The van der Waals surface area contributed by atoms with E-state index in [-0.39, 0.29) is 17.9 Å². The van der Waals surface area contributed by atoms with Gasteiger partial charge in [-0.15, -0.1) is 5.10 Å². The van der Waals surface area contributed by atoms with Gasteiger partial charge in [0.15, 0.2) is 0 Å². The quantitative estimate of drug-likeness (QED) is 0.840. The van der Waals surface area contributed by atoms with Gasteiger partial charge in [-0.1, -0.05) is 30.3 Å². The molecule has 1 aliphatic carbocycles. The Labute approximate surface area is 149 Å². The molecule has 2 aromatic rings. The third-order valence-electron chi connectivity index (χ3n) is 5.15. The average Bonchev–Trinajstić information content (AvgIpc) is 3.14. The third kappa shape index (κ3) is 5.37. The number of tetrazole rings is 1. The lowest BCUT2D eigenvalue weighted by atomic mass is 9.81. The number of amides is 1. The maximum Gasteiger partial charge on any atom is 0.223 e. The lowest BCUT2D eigenvalue weighted by Gasteiger charge is -2.28. The monoisotopic (exact) mass is 341 g/mol. The number of nitrogens with one attached hydrogen (secondary N) is 1. The molecule has 25 heavy (non-hydrogen) atoms. The molecule has 1 aliphatic rings. The van der Waals surface area contributed by atoms with Crippen LogP contribution in [0.2, 0.25) is 0 Å². The number of rotatable bonds is 7. The molecule has 0 bridgehead atoms. The van der Waals surface area contributed by atoms with Crippen molar-refractivity contribution in [3.8, 4) is 0 Å². The Balaban J connectivity index is 1.37. The summed E-state index contributed by atoms with van der Waals surface area (Å²) in [7, 11) is 0. The molecule has 1 fully saturated rings. The Morgan fingerprint density at radius 2 is 2.00 bits per heavy atom. The Morgan fingerprint density at radius 3 is 2.68 bits per heavy atom. The van der Waals surface area contributed by atoms with Crippen molar-refractivity contribution in [2.75, 3.05) is 0 Å². The molecule has 1 atom stereocenters. The lowest BCUT2D eigenvalue weighted by Crippen LogP contribution is -2.39. The van der Waals surface area contributed by atoms with Crippen LogP contribution in [0.15, 0.2) is 36.7 Å². The van der Waals surface area contributed by atoms with Crippen LogP contribution in [0.4, 0.5) is 0 Å². The maximum absolute atomic E-state index is 12.5. The van der Waals surface area contributed by atoms with Crippen molar-refractivity contribution in [2.45, 2.75) is 58.0 Å². The highest BCUT2D eigenvalue weighted by molar-refractivity contribution is 5.78. The number of carbonyl (C=O) groups is 1. The summed E-state index contributed by atoms with van der Waals surface area (Å²) in [5.41, 5.74) is 1.33. The van der Waals surface area contributed by atoms with E-state index in [1.807, 2.05) is 6.07 Å². The largest absolute Gasteiger partial charge is 0.353 e. The lowest BCUT2D eigenvalue weighted by molar-refractivity contribution is -0.126. The fraction of sp³-hybridized carbons (Fsp3) is 0.579. The Hall–Kier alpha value is -2.24. The number of hydrogen-bond acceptors (Lipinski definition) is 4. The van der Waals surface area contributed by atoms with Gasteiger partial charge in [0, 0.05) is 18.5 Å². The summed E-state index contributed by atoms with van der Waals surface area (Å²) >= 11 is 0. The zero-order chi connectivity index (χ0) is 17.5. The van der Waals surface area contributed by atoms with Gasteiger partial charge in [-0.05, 0) is 67.4 Å². The third-order valence-corrected chi connectivity index (χ3v) is 5.15. The molecule has 3 rings (SSSR count). The summed E-state index contributed by atoms with van der Waals surface area (Å²) in [6, 6.07) is 10.6. The van der Waals surface area contributed by atoms with E-state index in [2.05, 4.69) is 52.0 Å². The highest BCUT2D eigenvalue weighted by atomic mass is 16.1. The second-order valence-corrected chi connectivity index (χ2v) is 7.18. The summed E-state index contributed by atoms with van der Waals surface area (Å²) in [4.78, 5) is 12.5. The Morgan fingerprint density at radius 1 is 1.24 bits per heavy atom. The normalized spacial score (nSPS) is 21.6. The fourth-order valence-corrected chi connectivity index (χ4v) is 3.60. The molecule has 134 valence electrons. The van der Waals surface area contributed by atoms with Crippen molar-refractivity contribution >= 4 is 5.91 Å². The van der Waals surface area contributed by atoms with Crippen LogP contribution < -0.4 is 5.32 Å². The molecule has 1 saturated carbocycles. The summed E-state index contributed by atoms with van der Waals surface area (Å²) in [6.07, 6.45) is 7.69. The molecule has 0 aliphatic heterocycles. The molecule has 1 heterocycles. The van der Waals surface area contributed by atoms with Crippen molar-refractivity contribution in [1.29, 1.82) is 0 Å². The predicted molar refractivity (Wildman–Crippen MR) is 95.6 cm³/mol. The molecular formula is C19H27N5O. The van der Waals surface area contributed by atoms with Crippen LogP contribution in [0.25, 0.3) is 0 Å². The predicted octanol–water partition coefficient (Wildman–Crippen LogP) is 2.62. The van der Waals surface area contributed by atoms with E-state index in [1.54, 1.807) is 11.0 Å². The number of benzene rings is 1. The highest BCUT2D eigenvalue weighted by Gasteiger charge is 2.27. The zero-order valence-electron chi connectivity index (χ0n) is 14.8. The van der Waals surface area contributed by atoms with Gasteiger partial charge in [-0.25, -0.2) is 4.68 Å². The molecule has 1 aromatic carbocycles. The van der Waals surface area contributed by atoms with E-state index in [4.69, 9.17) is 0 Å². The number of aromatic nitrogens is 4. The van der Waals surface area contributed by atoms with Crippen LogP contribution in [-0.4, -0.2) is 32.2 Å². The standard InChI is InChI=1S/C19H27N5O/c1-15(7-8-16-5-3-2-4-6-16)21-19(25)18-11-9-17(10-12-18)13-24-14-20-22-23-24/h2-6,14-15,17-18H,7-13H2,1H3,(H,21,25). The fourth-order valence-electron chi connectivity index (χ4n) is 3.60. The van der Waals surface area contributed by atoms with Crippen molar-refractivity contribution in [3.05, 3.63) is 42.2 Å². The number of hydrogen-bond donors (Lipinski definition) is 1. The molecule has 1 aromatic heterocycles. The zero-order valence-corrected chi connectivity index (χ0v) is 14.8. The van der Waals surface area contributed by atoms with E-state index in [9.17, 15) is 4.79 Å². The van der Waals surface area contributed by atoms with Crippen LogP contribution in [0.3, 0.4) is 0 Å². The van der Waals surface area contributed by atoms with Crippen molar-refractivity contribution in [3.63, 3.8) is 0 Å². The SMILES string of the molecule is CC(CCc1ccccc1)NC(=O)C1CCC(Cn2cnnn2)CC1. The number of nitrogens with zero attached hydrogens (tertiary/aromatic N) is 4. The Kier molecular flexibility index (Phi) is 6.14. The van der Waals surface area contributed by atoms with Crippen LogP contribution in [-0.2, 0) is 17.8 Å². The van der Waals surface area contributed by atoms with Crippen molar-refractivity contribution in [2.24, 2.45) is 11.8 Å². The van der Waals surface area contributed by atoms with Gasteiger partial charge in [0.05, 0.1) is 0 Å². The van der Waals surface area contributed by atoms with Crippen LogP contribution in [0.5, 0.6) is 0 Å². The number of aryl methyl sites for hydroxylation is 1. The van der Waals surface area contributed by atoms with Crippen LogP contribution in [0.1, 0.15) is 44.6 Å². The van der Waals surface area contributed by atoms with E-state index < -0.39 is 0 Å². The van der Waals surface area contributed by atoms with Gasteiger partial charge in [-0.2, -0.15) is 0 Å². The van der Waals surface area contributed by atoms with Gasteiger partial charge < -0.3 is 5.32 Å². The van der Waals surface area contributed by atoms with Crippen molar-refractivity contribution in [1.82, 2.24) is 25.5 Å². The van der Waals surface area contributed by atoms with Gasteiger partial charge in [0.1, 0.15) is 6.33 Å². The first kappa shape index (κ1) is 17.6. The highest BCUT2D eigenvalue weighted by Crippen LogP contribution is 2.29. The smallest absolute Gasteiger partial charge is 0.223 e. The van der Waals surface area contributed by atoms with E-state index >= 15 is 0 Å². The molecule has 0 radical (unpaired) electrons. The Bertz CT molecular complexity index is 635. The van der Waals surface area contributed by atoms with Crippen LogP contribution in [0, 0.1) is 11.8 Å². The summed E-state index contributed by atoms with van der Waals surface area (Å²) < 4.78 is 1.79. The average molecular weight is 341 g/mol. The molecule has 6 nitrogen and oxygen atoms in total. The van der Waals surface area contributed by atoms with E-state index in [1.165, 1.54) is 5.56 Å². The summed E-state index contributed by atoms with van der Waals surface area (Å²) in [6.45, 7) is 2.96. The second-order valence-electron chi connectivity index (χ2n) is 7.18. The maximum atomic E-state index is 12.5. The molecule has 1 N–H and O–H groups in total. The minimum Gasteiger partial charge on any atom is -0.353 e. The molecule has 1 amide bonds. The summed E-state index contributed by atoms with van der Waals surface area (Å²) in [5.74, 6) is 0.953. The summed E-state index contributed by atoms with van der Waals surface area (Å²) in [5, 5.41) is 14.5. The van der Waals surface area contributed by atoms with E-state index in [0.29, 0.717) is 5.92 Å². The van der Waals surface area contributed by atoms with Crippen molar-refractivity contribution < 1.29 is 4.79 Å². The first-order chi connectivity index (χ1) is 12.2. The second kappa shape index (κ2) is 8.74. The molecule has 6 heteroatoms. The molecule has 0 spiro atoms. The molecular weight excluding hydrogens is 314 g/mol. The minimum absolute atomic E-state index is 0.157. The first-order valence-electron chi connectivity index (χ1n) is 9.26. The van der Waals surface area contributed by atoms with Gasteiger partial charge in [0.2, 0.25) is 5.91 Å². The van der Waals surface area contributed by atoms with Crippen LogP contribution >= 0.6 is 0 Å². The van der Waals surface area contributed by atoms with Gasteiger partial charge in [0.25, 0.3) is 0 Å². The van der Waals surface area contributed by atoms with Gasteiger partial charge >= 0.3 is 0 Å². The first-order valence-corrected chi connectivity index (χ1v) is 9.26. The molecule has 1 unspecified atom stereocenters. The molecule has 0 saturated heterocycles. The van der Waals surface area contributed by atoms with Gasteiger partial charge in [-0.3, -0.25) is 4.79 Å². The van der Waals surface area contributed by atoms with E-state index in [0.717, 1.165) is 45.1 Å². The minimum atomic E-state index is 0.157. The topological polar surface area (TPSA) is 72.7 Å². The number of carbonyl (C=O) groups excluding carboxylic acids is 1.